The zero-order valence-corrected chi connectivity index (χ0v) is 10.5. The van der Waals surface area contributed by atoms with Crippen LogP contribution in [0.4, 0.5) is 5.95 Å². The van der Waals surface area contributed by atoms with Crippen molar-refractivity contribution in [3.05, 3.63) is 28.9 Å². The maximum Gasteiger partial charge on any atom is 0.223 e. The van der Waals surface area contributed by atoms with Crippen LogP contribution in [0.2, 0.25) is 0 Å². The number of anilines is 1. The highest BCUT2D eigenvalue weighted by atomic mass is 79.9. The molecule has 0 aliphatic heterocycles. The molecule has 5 heteroatoms. The molecular weight excluding hydrogens is 270 g/mol. The third-order valence-electron chi connectivity index (χ3n) is 2.13. The second-order valence-electron chi connectivity index (χ2n) is 3.32. The van der Waals surface area contributed by atoms with Gasteiger partial charge < -0.3 is 10.1 Å². The summed E-state index contributed by atoms with van der Waals surface area (Å²) in [4.78, 5) is 8.61. The van der Waals surface area contributed by atoms with Gasteiger partial charge in [0.15, 0.2) is 0 Å². The summed E-state index contributed by atoms with van der Waals surface area (Å²) < 4.78 is 5.97. The lowest BCUT2D eigenvalue weighted by molar-refractivity contribution is 0.210. The Labute approximate surface area is 102 Å². The summed E-state index contributed by atoms with van der Waals surface area (Å²) in [5.41, 5.74) is 0.929. The minimum absolute atomic E-state index is 0.631. The zero-order valence-electron chi connectivity index (χ0n) is 8.90. The van der Waals surface area contributed by atoms with Gasteiger partial charge in [-0.05, 0) is 18.2 Å². The Balaban J connectivity index is 2.20. The molecule has 2 rings (SSSR count). The van der Waals surface area contributed by atoms with Crippen LogP contribution < -0.4 is 5.32 Å². The highest BCUT2D eigenvalue weighted by molar-refractivity contribution is 9.10. The van der Waals surface area contributed by atoms with Crippen molar-refractivity contribution in [2.24, 2.45) is 0 Å². The van der Waals surface area contributed by atoms with E-state index in [9.17, 15) is 0 Å². The van der Waals surface area contributed by atoms with Gasteiger partial charge >= 0.3 is 0 Å². The first-order valence-corrected chi connectivity index (χ1v) is 5.74. The van der Waals surface area contributed by atoms with Gasteiger partial charge in [0.25, 0.3) is 0 Å². The number of ether oxygens (including phenoxy) is 1. The number of hydrogen-bond donors (Lipinski definition) is 1. The van der Waals surface area contributed by atoms with Crippen molar-refractivity contribution in [3.63, 3.8) is 0 Å². The maximum absolute atomic E-state index is 4.94. The van der Waals surface area contributed by atoms with Gasteiger partial charge in [0.2, 0.25) is 5.95 Å². The van der Waals surface area contributed by atoms with Gasteiger partial charge in [0, 0.05) is 29.7 Å². The lowest BCUT2D eigenvalue weighted by atomic mass is 10.2. The molecule has 1 N–H and O–H groups in total. The van der Waals surface area contributed by atoms with Gasteiger partial charge in [-0.3, -0.25) is 0 Å². The van der Waals surface area contributed by atoms with E-state index in [1.807, 2.05) is 24.4 Å². The fourth-order valence-electron chi connectivity index (χ4n) is 1.35. The molecule has 1 aromatic carbocycles. The van der Waals surface area contributed by atoms with E-state index in [1.54, 1.807) is 7.11 Å². The molecule has 1 aromatic heterocycles. The highest BCUT2D eigenvalue weighted by Gasteiger charge is 1.99. The molecule has 0 fully saturated rings. The zero-order chi connectivity index (χ0) is 11.4. The third kappa shape index (κ3) is 2.68. The van der Waals surface area contributed by atoms with Crippen LogP contribution in [0.15, 0.2) is 28.9 Å². The predicted octanol–water partition coefficient (Wildman–Crippen LogP) is 2.45. The smallest absolute Gasteiger partial charge is 0.223 e. The molecule has 0 saturated heterocycles. The van der Waals surface area contributed by atoms with Gasteiger partial charge in [-0.25, -0.2) is 9.97 Å². The largest absolute Gasteiger partial charge is 0.383 e. The molecule has 84 valence electrons. The van der Waals surface area contributed by atoms with Gasteiger partial charge in [0.05, 0.1) is 12.1 Å². The fourth-order valence-corrected chi connectivity index (χ4v) is 1.73. The number of nitrogens with one attached hydrogen (secondary N) is 1. The molecule has 4 nitrogen and oxygen atoms in total. The minimum Gasteiger partial charge on any atom is -0.383 e. The Morgan fingerprint density at radius 3 is 3.12 bits per heavy atom. The average Bonchev–Trinajstić information content (AvgIpc) is 2.29. The van der Waals surface area contributed by atoms with E-state index >= 15 is 0 Å². The normalized spacial score (nSPS) is 10.6. The maximum atomic E-state index is 4.94. The van der Waals surface area contributed by atoms with E-state index in [2.05, 4.69) is 31.2 Å². The van der Waals surface area contributed by atoms with Gasteiger partial charge in [0.1, 0.15) is 0 Å². The molecule has 0 aliphatic carbocycles. The number of hydrogen-bond acceptors (Lipinski definition) is 4. The van der Waals surface area contributed by atoms with Gasteiger partial charge in [-0.2, -0.15) is 0 Å². The standard InChI is InChI=1S/C11H12BrN3O/c1-16-5-4-13-11-14-7-8-6-9(12)2-3-10(8)15-11/h2-3,6-7H,4-5H2,1H3,(H,13,14,15). The molecule has 0 aliphatic rings. The van der Waals surface area contributed by atoms with E-state index in [-0.39, 0.29) is 0 Å². The van der Waals surface area contributed by atoms with Crippen LogP contribution in [0, 0.1) is 0 Å². The minimum atomic E-state index is 0.631. The van der Waals surface area contributed by atoms with Crippen LogP contribution in [0.25, 0.3) is 10.9 Å². The van der Waals surface area contributed by atoms with Crippen molar-refractivity contribution in [2.45, 2.75) is 0 Å². The number of fused-ring (bicyclic) bond motifs is 1. The number of methoxy groups -OCH3 is 1. The summed E-state index contributed by atoms with van der Waals surface area (Å²) in [5, 5.41) is 4.11. The summed E-state index contributed by atoms with van der Waals surface area (Å²) in [5.74, 6) is 0.631. The lowest BCUT2D eigenvalue weighted by Gasteiger charge is -2.04. The first-order chi connectivity index (χ1) is 7.79. The Morgan fingerprint density at radius 2 is 2.31 bits per heavy atom. The van der Waals surface area contributed by atoms with Crippen molar-refractivity contribution in [1.29, 1.82) is 0 Å². The molecule has 0 unspecified atom stereocenters. The van der Waals surface area contributed by atoms with Crippen LogP contribution in [0.5, 0.6) is 0 Å². The van der Waals surface area contributed by atoms with E-state index in [1.165, 1.54) is 0 Å². The summed E-state index contributed by atoms with van der Waals surface area (Å²) >= 11 is 3.41. The summed E-state index contributed by atoms with van der Waals surface area (Å²) in [7, 11) is 1.67. The van der Waals surface area contributed by atoms with E-state index in [0.717, 1.165) is 15.4 Å². The molecular formula is C11H12BrN3O. The van der Waals surface area contributed by atoms with Crippen molar-refractivity contribution in [1.82, 2.24) is 9.97 Å². The SMILES string of the molecule is COCCNc1ncc2cc(Br)ccc2n1. The lowest BCUT2D eigenvalue weighted by Crippen LogP contribution is -2.09. The number of halogens is 1. The fraction of sp³-hybridized carbons (Fsp3) is 0.273. The van der Waals surface area contributed by atoms with Crippen LogP contribution in [0.1, 0.15) is 0 Å². The number of rotatable bonds is 4. The van der Waals surface area contributed by atoms with Gasteiger partial charge in [-0.1, -0.05) is 15.9 Å². The molecule has 16 heavy (non-hydrogen) atoms. The van der Waals surface area contributed by atoms with E-state index < -0.39 is 0 Å². The Morgan fingerprint density at radius 1 is 1.44 bits per heavy atom. The molecule has 0 atom stereocenters. The number of nitrogens with zero attached hydrogens (tertiary/aromatic N) is 2. The van der Waals surface area contributed by atoms with Crippen molar-refractivity contribution in [3.8, 4) is 0 Å². The van der Waals surface area contributed by atoms with E-state index in [0.29, 0.717) is 19.1 Å². The van der Waals surface area contributed by atoms with Crippen LogP contribution in [0.3, 0.4) is 0 Å². The second kappa shape index (κ2) is 5.23. The van der Waals surface area contributed by atoms with Crippen molar-refractivity contribution < 1.29 is 4.74 Å². The predicted molar refractivity (Wildman–Crippen MR) is 67.6 cm³/mol. The monoisotopic (exact) mass is 281 g/mol. The van der Waals surface area contributed by atoms with E-state index in [4.69, 9.17) is 4.74 Å². The molecule has 0 radical (unpaired) electrons. The summed E-state index contributed by atoms with van der Waals surface area (Å²) in [6.07, 6.45) is 1.81. The third-order valence-corrected chi connectivity index (χ3v) is 2.62. The molecule has 0 amide bonds. The average molecular weight is 282 g/mol. The highest BCUT2D eigenvalue weighted by Crippen LogP contribution is 2.18. The number of benzene rings is 1. The Bertz CT molecular complexity index is 490. The molecule has 0 bridgehead atoms. The molecule has 1 heterocycles. The Hall–Kier alpha value is -1.20. The van der Waals surface area contributed by atoms with Crippen molar-refractivity contribution in [2.75, 3.05) is 25.6 Å². The van der Waals surface area contributed by atoms with Crippen molar-refractivity contribution >= 4 is 32.8 Å². The first-order valence-electron chi connectivity index (χ1n) is 4.95. The second-order valence-corrected chi connectivity index (χ2v) is 4.23. The van der Waals surface area contributed by atoms with Crippen LogP contribution >= 0.6 is 15.9 Å². The first kappa shape index (κ1) is 11.3. The molecule has 0 spiro atoms. The molecule has 0 saturated carbocycles. The van der Waals surface area contributed by atoms with Crippen LogP contribution in [-0.4, -0.2) is 30.2 Å². The summed E-state index contributed by atoms with van der Waals surface area (Å²) in [6.45, 7) is 1.35. The molecule has 2 aromatic rings. The summed E-state index contributed by atoms with van der Waals surface area (Å²) in [6, 6.07) is 5.92. The number of aromatic nitrogens is 2. The van der Waals surface area contributed by atoms with Crippen LogP contribution in [-0.2, 0) is 4.74 Å². The topological polar surface area (TPSA) is 47.0 Å². The van der Waals surface area contributed by atoms with Gasteiger partial charge in [-0.15, -0.1) is 0 Å². The quantitative estimate of drug-likeness (QED) is 0.875. The Kier molecular flexibility index (Phi) is 3.69.